The van der Waals surface area contributed by atoms with Gasteiger partial charge in [-0.25, -0.2) is 4.98 Å². The summed E-state index contributed by atoms with van der Waals surface area (Å²) in [5, 5.41) is 3.33. The number of nitrogens with two attached hydrogens (primary N) is 1. The molecule has 0 bridgehead atoms. The van der Waals surface area contributed by atoms with Gasteiger partial charge >= 0.3 is 0 Å². The van der Waals surface area contributed by atoms with Crippen LogP contribution in [0.25, 0.3) is 0 Å². The smallest absolute Gasteiger partial charge is 0.0941 e. The van der Waals surface area contributed by atoms with E-state index in [1.54, 1.807) is 11.3 Å². The van der Waals surface area contributed by atoms with Gasteiger partial charge in [-0.05, 0) is 39.2 Å². The molecule has 2 heterocycles. The van der Waals surface area contributed by atoms with Crippen molar-refractivity contribution in [2.45, 2.75) is 45.6 Å². The molecule has 1 aromatic heterocycles. The summed E-state index contributed by atoms with van der Waals surface area (Å²) in [4.78, 5) is 7.22. The molecule has 0 spiro atoms. The Labute approximate surface area is 114 Å². The summed E-state index contributed by atoms with van der Waals surface area (Å²) < 4.78 is 0. The monoisotopic (exact) mass is 267 g/mol. The zero-order valence-electron chi connectivity index (χ0n) is 11.8. The molecule has 1 aromatic rings. The minimum absolute atomic E-state index is 0.311. The number of aromatic nitrogens is 1. The van der Waals surface area contributed by atoms with Gasteiger partial charge in [0.05, 0.1) is 16.2 Å². The highest BCUT2D eigenvalue weighted by atomic mass is 32.1. The third-order valence-electron chi connectivity index (χ3n) is 3.59. The fraction of sp³-hybridized carbons (Fsp3) is 0.786. The van der Waals surface area contributed by atoms with E-state index in [1.807, 2.05) is 13.8 Å². The minimum atomic E-state index is -0.311. The third-order valence-corrected chi connectivity index (χ3v) is 4.50. The minimum Gasteiger partial charge on any atom is -0.321 e. The number of hydrogen-bond acceptors (Lipinski definition) is 4. The van der Waals surface area contributed by atoms with E-state index in [1.165, 1.54) is 30.9 Å². The molecule has 0 radical (unpaired) electrons. The normalized spacial score (nSPS) is 22.3. The zero-order chi connectivity index (χ0) is 13.2. The summed E-state index contributed by atoms with van der Waals surface area (Å²) >= 11 is 1.75. The highest BCUT2D eigenvalue weighted by Gasteiger charge is 2.19. The van der Waals surface area contributed by atoms with Crippen molar-refractivity contribution >= 4 is 11.3 Å². The second-order valence-electron chi connectivity index (χ2n) is 6.15. The average molecular weight is 267 g/mol. The lowest BCUT2D eigenvalue weighted by Crippen LogP contribution is -2.35. The van der Waals surface area contributed by atoms with Gasteiger partial charge in [-0.1, -0.05) is 6.92 Å². The SMILES string of the molecule is CC1CCCN(CCc2nc(C(C)(C)N)cs2)C1. The van der Waals surface area contributed by atoms with E-state index in [-0.39, 0.29) is 5.54 Å². The van der Waals surface area contributed by atoms with E-state index in [9.17, 15) is 0 Å². The molecule has 1 fully saturated rings. The second-order valence-corrected chi connectivity index (χ2v) is 7.09. The van der Waals surface area contributed by atoms with Crippen LogP contribution in [0.15, 0.2) is 5.38 Å². The van der Waals surface area contributed by atoms with Crippen LogP contribution >= 0.6 is 11.3 Å². The van der Waals surface area contributed by atoms with Crippen molar-refractivity contribution < 1.29 is 0 Å². The van der Waals surface area contributed by atoms with Crippen molar-refractivity contribution in [2.24, 2.45) is 11.7 Å². The van der Waals surface area contributed by atoms with Gasteiger partial charge in [-0.15, -0.1) is 11.3 Å². The van der Waals surface area contributed by atoms with E-state index in [0.29, 0.717) is 0 Å². The van der Waals surface area contributed by atoms with Crippen LogP contribution in [0.2, 0.25) is 0 Å². The van der Waals surface area contributed by atoms with Gasteiger partial charge in [0, 0.05) is 24.9 Å². The Kier molecular flexibility index (Phi) is 4.41. The summed E-state index contributed by atoms with van der Waals surface area (Å²) in [6, 6.07) is 0. The van der Waals surface area contributed by atoms with Crippen LogP contribution in [-0.4, -0.2) is 29.5 Å². The summed E-state index contributed by atoms with van der Waals surface area (Å²) in [5.41, 5.74) is 6.77. The van der Waals surface area contributed by atoms with Crippen LogP contribution in [0.5, 0.6) is 0 Å². The number of hydrogen-bond donors (Lipinski definition) is 1. The van der Waals surface area contributed by atoms with Gasteiger partial charge in [0.25, 0.3) is 0 Å². The Balaban J connectivity index is 1.85. The van der Waals surface area contributed by atoms with Crippen LogP contribution in [0, 0.1) is 5.92 Å². The fourth-order valence-electron chi connectivity index (χ4n) is 2.47. The maximum atomic E-state index is 6.06. The first kappa shape index (κ1) is 14.0. The predicted molar refractivity (Wildman–Crippen MR) is 77.9 cm³/mol. The van der Waals surface area contributed by atoms with Crippen molar-refractivity contribution in [1.82, 2.24) is 9.88 Å². The van der Waals surface area contributed by atoms with Crippen LogP contribution in [0.1, 0.15) is 44.3 Å². The molecule has 0 aliphatic carbocycles. The highest BCUT2D eigenvalue weighted by Crippen LogP contribution is 2.21. The average Bonchev–Trinajstić information content (AvgIpc) is 2.74. The predicted octanol–water partition coefficient (Wildman–Crippen LogP) is 2.61. The van der Waals surface area contributed by atoms with Gasteiger partial charge in [0.15, 0.2) is 0 Å². The molecule has 1 saturated heterocycles. The zero-order valence-corrected chi connectivity index (χ0v) is 12.6. The quantitative estimate of drug-likeness (QED) is 0.912. The van der Waals surface area contributed by atoms with Crippen LogP contribution in [0.4, 0.5) is 0 Å². The molecule has 0 saturated carbocycles. The third kappa shape index (κ3) is 3.77. The van der Waals surface area contributed by atoms with E-state index in [4.69, 9.17) is 5.73 Å². The summed E-state index contributed by atoms with van der Waals surface area (Å²) in [6.07, 6.45) is 3.80. The van der Waals surface area contributed by atoms with Gasteiger partial charge in [0.2, 0.25) is 0 Å². The number of likely N-dealkylation sites (tertiary alicyclic amines) is 1. The Morgan fingerprint density at radius 2 is 2.33 bits per heavy atom. The van der Waals surface area contributed by atoms with Crippen molar-refractivity contribution in [2.75, 3.05) is 19.6 Å². The number of nitrogens with zero attached hydrogens (tertiary/aromatic N) is 2. The molecular formula is C14H25N3S. The maximum Gasteiger partial charge on any atom is 0.0941 e. The first-order valence-corrected chi connectivity index (χ1v) is 7.79. The molecule has 2 N–H and O–H groups in total. The highest BCUT2D eigenvalue weighted by molar-refractivity contribution is 7.09. The van der Waals surface area contributed by atoms with E-state index in [2.05, 4.69) is 22.2 Å². The molecule has 1 unspecified atom stereocenters. The standard InChI is InChI=1S/C14H25N3S/c1-11-5-4-7-17(9-11)8-6-13-16-12(10-18-13)14(2,3)15/h10-11H,4-9,15H2,1-3H3. The summed E-state index contributed by atoms with van der Waals surface area (Å²) in [7, 11) is 0. The molecule has 4 heteroatoms. The Bertz CT molecular complexity index is 381. The van der Waals surface area contributed by atoms with Gasteiger partial charge in [-0.3, -0.25) is 0 Å². The number of thiazole rings is 1. The van der Waals surface area contributed by atoms with Gasteiger partial charge in [0.1, 0.15) is 0 Å². The van der Waals surface area contributed by atoms with Crippen LogP contribution in [-0.2, 0) is 12.0 Å². The molecule has 2 rings (SSSR count). The fourth-order valence-corrected chi connectivity index (χ4v) is 3.43. The van der Waals surface area contributed by atoms with Gasteiger partial charge in [-0.2, -0.15) is 0 Å². The van der Waals surface area contributed by atoms with E-state index >= 15 is 0 Å². The molecule has 0 amide bonds. The Morgan fingerprint density at radius 1 is 1.56 bits per heavy atom. The molecule has 3 nitrogen and oxygen atoms in total. The molecule has 1 aliphatic heterocycles. The topological polar surface area (TPSA) is 42.2 Å². The van der Waals surface area contributed by atoms with Crippen molar-refractivity contribution in [3.63, 3.8) is 0 Å². The van der Waals surface area contributed by atoms with Crippen molar-refractivity contribution in [3.8, 4) is 0 Å². The summed E-state index contributed by atoms with van der Waals surface area (Å²) in [6.45, 7) is 10.0. The molecule has 0 aromatic carbocycles. The number of piperidine rings is 1. The number of rotatable bonds is 4. The van der Waals surface area contributed by atoms with Crippen LogP contribution in [0.3, 0.4) is 0 Å². The molecule has 1 aliphatic rings. The lowest BCUT2D eigenvalue weighted by atomic mass is 10.0. The molecule has 102 valence electrons. The molecule has 18 heavy (non-hydrogen) atoms. The Morgan fingerprint density at radius 3 is 2.94 bits per heavy atom. The first-order chi connectivity index (χ1) is 8.45. The van der Waals surface area contributed by atoms with Crippen molar-refractivity contribution in [3.05, 3.63) is 16.1 Å². The summed E-state index contributed by atoms with van der Waals surface area (Å²) in [5.74, 6) is 0.855. The van der Waals surface area contributed by atoms with Gasteiger partial charge < -0.3 is 10.6 Å². The van der Waals surface area contributed by atoms with Crippen molar-refractivity contribution in [1.29, 1.82) is 0 Å². The maximum absolute atomic E-state index is 6.06. The van der Waals surface area contributed by atoms with Crippen LogP contribution < -0.4 is 5.73 Å². The molecule has 1 atom stereocenters. The van der Waals surface area contributed by atoms with E-state index < -0.39 is 0 Å². The second kappa shape index (κ2) is 5.68. The van der Waals surface area contributed by atoms with E-state index in [0.717, 1.165) is 24.6 Å². The Hall–Kier alpha value is -0.450. The lowest BCUT2D eigenvalue weighted by molar-refractivity contribution is 0.186. The molecular weight excluding hydrogens is 242 g/mol. The largest absolute Gasteiger partial charge is 0.321 e. The first-order valence-electron chi connectivity index (χ1n) is 6.91. The lowest BCUT2D eigenvalue weighted by Gasteiger charge is -2.30.